The minimum absolute atomic E-state index is 0.229. The summed E-state index contributed by atoms with van der Waals surface area (Å²) in [5.74, 6) is 0.955. The lowest BCUT2D eigenvalue weighted by molar-refractivity contribution is 0.0812. The molecule has 3 saturated heterocycles. The summed E-state index contributed by atoms with van der Waals surface area (Å²) in [6.45, 7) is 3.51. The van der Waals surface area contributed by atoms with Gasteiger partial charge >= 0.3 is 0 Å². The number of nitrogens with one attached hydrogen (secondary N) is 2. The molecule has 5 nitrogen and oxygen atoms in total. The van der Waals surface area contributed by atoms with Crippen LogP contribution in [0.5, 0.6) is 5.75 Å². The van der Waals surface area contributed by atoms with Crippen LogP contribution in [0.15, 0.2) is 29.4 Å². The van der Waals surface area contributed by atoms with Gasteiger partial charge in [-0.1, -0.05) is 12.1 Å². The zero-order valence-electron chi connectivity index (χ0n) is 11.8. The number of rotatable bonds is 3. The third-order valence-corrected chi connectivity index (χ3v) is 4.43. The number of benzene rings is 1. The molecule has 1 unspecified atom stereocenters. The van der Waals surface area contributed by atoms with Crippen LogP contribution in [0.1, 0.15) is 18.4 Å². The van der Waals surface area contributed by atoms with Crippen molar-refractivity contribution < 1.29 is 5.11 Å². The lowest BCUT2D eigenvalue weighted by Gasteiger charge is -2.45. The number of hydrogen-bond donors (Lipinski definition) is 3. The maximum Gasteiger partial charge on any atom is 0.187 e. The number of phenols is 1. The molecule has 0 aromatic heterocycles. The van der Waals surface area contributed by atoms with Gasteiger partial charge in [-0.2, -0.15) is 5.10 Å². The molecule has 3 fully saturated rings. The lowest BCUT2D eigenvalue weighted by atomic mass is 9.84. The van der Waals surface area contributed by atoms with E-state index < -0.39 is 0 Å². The largest absolute Gasteiger partial charge is 0.508 e. The smallest absolute Gasteiger partial charge is 0.187 e. The summed E-state index contributed by atoms with van der Waals surface area (Å²) < 4.78 is 0. The van der Waals surface area contributed by atoms with Crippen molar-refractivity contribution in [1.29, 1.82) is 0 Å². The standard InChI is InChI=1S/C15H20N4OS/c20-13-3-1-2-11(8-13)9-16-18-15(21)17-14-10-19-6-4-12(14)5-7-19/h1-3,8-9,12,14,20H,4-7,10H2,(H2,17,18,21). The molecule has 0 amide bonds. The van der Waals surface area contributed by atoms with Crippen LogP contribution in [0.25, 0.3) is 0 Å². The van der Waals surface area contributed by atoms with Crippen molar-refractivity contribution in [3.05, 3.63) is 29.8 Å². The van der Waals surface area contributed by atoms with Gasteiger partial charge in [-0.05, 0) is 61.8 Å². The van der Waals surface area contributed by atoms with E-state index in [4.69, 9.17) is 12.2 Å². The molecular formula is C15H20N4OS. The molecule has 2 bridgehead atoms. The number of thiocarbonyl (C=S) groups is 1. The molecule has 4 rings (SSSR count). The molecule has 0 aliphatic carbocycles. The summed E-state index contributed by atoms with van der Waals surface area (Å²) >= 11 is 5.29. The molecule has 21 heavy (non-hydrogen) atoms. The van der Waals surface area contributed by atoms with Gasteiger partial charge < -0.3 is 15.3 Å². The van der Waals surface area contributed by atoms with Crippen molar-refractivity contribution in [3.63, 3.8) is 0 Å². The Balaban J connectivity index is 1.48. The quantitative estimate of drug-likeness (QED) is 0.446. The highest BCUT2D eigenvalue weighted by atomic mass is 32.1. The van der Waals surface area contributed by atoms with Crippen molar-refractivity contribution in [2.45, 2.75) is 18.9 Å². The van der Waals surface area contributed by atoms with Crippen LogP contribution in [0, 0.1) is 5.92 Å². The second-order valence-corrected chi connectivity index (χ2v) is 6.09. The minimum Gasteiger partial charge on any atom is -0.508 e. The van der Waals surface area contributed by atoms with E-state index in [9.17, 15) is 5.11 Å². The van der Waals surface area contributed by atoms with Crippen LogP contribution in [0.2, 0.25) is 0 Å². The van der Waals surface area contributed by atoms with Crippen LogP contribution in [0.3, 0.4) is 0 Å². The summed E-state index contributed by atoms with van der Waals surface area (Å²) in [6, 6.07) is 7.36. The van der Waals surface area contributed by atoms with Crippen molar-refractivity contribution in [3.8, 4) is 5.75 Å². The van der Waals surface area contributed by atoms with Crippen molar-refractivity contribution in [2.24, 2.45) is 11.0 Å². The van der Waals surface area contributed by atoms with E-state index in [-0.39, 0.29) is 5.75 Å². The van der Waals surface area contributed by atoms with Gasteiger partial charge in [0.25, 0.3) is 0 Å². The molecule has 0 radical (unpaired) electrons. The Bertz CT molecular complexity index is 540. The van der Waals surface area contributed by atoms with Gasteiger partial charge in [0.15, 0.2) is 5.11 Å². The molecule has 0 saturated carbocycles. The van der Waals surface area contributed by atoms with Crippen molar-refractivity contribution in [1.82, 2.24) is 15.6 Å². The van der Waals surface area contributed by atoms with Gasteiger partial charge in [0.05, 0.1) is 6.21 Å². The Labute approximate surface area is 130 Å². The van der Waals surface area contributed by atoms with Gasteiger partial charge in [-0.3, -0.25) is 5.43 Å². The summed E-state index contributed by atoms with van der Waals surface area (Å²) in [6.07, 6.45) is 4.16. The summed E-state index contributed by atoms with van der Waals surface area (Å²) in [7, 11) is 0. The number of piperidine rings is 3. The third kappa shape index (κ3) is 3.71. The van der Waals surface area contributed by atoms with E-state index in [0.717, 1.165) is 18.0 Å². The fraction of sp³-hybridized carbons (Fsp3) is 0.467. The first-order chi connectivity index (χ1) is 10.2. The van der Waals surface area contributed by atoms with Crippen LogP contribution in [0.4, 0.5) is 0 Å². The SMILES string of the molecule is Oc1cccc(C=NNC(=S)NC2CN3CCC2CC3)c1. The Hall–Kier alpha value is -1.66. The van der Waals surface area contributed by atoms with E-state index in [0.29, 0.717) is 11.2 Å². The Morgan fingerprint density at radius 1 is 1.38 bits per heavy atom. The Morgan fingerprint density at radius 2 is 2.19 bits per heavy atom. The number of hydrogen-bond acceptors (Lipinski definition) is 4. The van der Waals surface area contributed by atoms with Gasteiger partial charge in [-0.25, -0.2) is 0 Å². The topological polar surface area (TPSA) is 59.9 Å². The monoisotopic (exact) mass is 304 g/mol. The predicted octanol–water partition coefficient (Wildman–Crippen LogP) is 1.28. The fourth-order valence-corrected chi connectivity index (χ4v) is 3.30. The Morgan fingerprint density at radius 3 is 2.86 bits per heavy atom. The first kappa shape index (κ1) is 14.3. The highest BCUT2D eigenvalue weighted by molar-refractivity contribution is 7.80. The van der Waals surface area contributed by atoms with E-state index in [2.05, 4.69) is 20.7 Å². The molecule has 3 aliphatic rings. The molecule has 3 heterocycles. The zero-order valence-corrected chi connectivity index (χ0v) is 12.6. The number of fused-ring (bicyclic) bond motifs is 3. The Kier molecular flexibility index (Phi) is 4.36. The molecule has 112 valence electrons. The van der Waals surface area contributed by atoms with E-state index in [1.54, 1.807) is 24.4 Å². The van der Waals surface area contributed by atoms with Gasteiger partial charge in [0.2, 0.25) is 0 Å². The molecular weight excluding hydrogens is 284 g/mol. The van der Waals surface area contributed by atoms with Crippen molar-refractivity contribution in [2.75, 3.05) is 19.6 Å². The number of phenolic OH excluding ortho intramolecular Hbond substituents is 1. The van der Waals surface area contributed by atoms with Crippen LogP contribution in [-0.2, 0) is 0 Å². The molecule has 1 aromatic rings. The van der Waals surface area contributed by atoms with Crippen molar-refractivity contribution >= 4 is 23.5 Å². The zero-order chi connectivity index (χ0) is 14.7. The second-order valence-electron chi connectivity index (χ2n) is 5.68. The summed E-state index contributed by atoms with van der Waals surface area (Å²) in [4.78, 5) is 2.48. The number of nitrogens with zero attached hydrogens (tertiary/aromatic N) is 2. The summed E-state index contributed by atoms with van der Waals surface area (Å²) in [5.41, 5.74) is 3.67. The van der Waals surface area contributed by atoms with Gasteiger partial charge in [0, 0.05) is 12.6 Å². The molecule has 1 atom stereocenters. The average molecular weight is 304 g/mol. The molecule has 3 N–H and O–H groups in total. The first-order valence-electron chi connectivity index (χ1n) is 7.32. The maximum atomic E-state index is 9.37. The molecule has 6 heteroatoms. The van der Waals surface area contributed by atoms with Gasteiger partial charge in [-0.15, -0.1) is 0 Å². The first-order valence-corrected chi connectivity index (χ1v) is 7.72. The maximum absolute atomic E-state index is 9.37. The molecule has 3 aliphatic heterocycles. The lowest BCUT2D eigenvalue weighted by Crippen LogP contribution is -2.58. The van der Waals surface area contributed by atoms with Crippen LogP contribution < -0.4 is 10.7 Å². The minimum atomic E-state index is 0.229. The third-order valence-electron chi connectivity index (χ3n) is 4.22. The molecule has 1 aromatic carbocycles. The highest BCUT2D eigenvalue weighted by Gasteiger charge is 2.34. The normalized spacial score (nSPS) is 27.7. The highest BCUT2D eigenvalue weighted by Crippen LogP contribution is 2.27. The van der Waals surface area contributed by atoms with Gasteiger partial charge in [0.1, 0.15) is 5.75 Å². The fourth-order valence-electron chi connectivity index (χ4n) is 3.10. The number of aromatic hydroxyl groups is 1. The number of hydrazone groups is 1. The van der Waals surface area contributed by atoms with Crippen LogP contribution >= 0.6 is 12.2 Å². The predicted molar refractivity (Wildman–Crippen MR) is 87.5 cm³/mol. The molecule has 0 spiro atoms. The van der Waals surface area contributed by atoms with E-state index in [1.807, 2.05) is 6.07 Å². The van der Waals surface area contributed by atoms with E-state index >= 15 is 0 Å². The van der Waals surface area contributed by atoms with Crippen LogP contribution in [-0.4, -0.2) is 47.0 Å². The summed E-state index contributed by atoms with van der Waals surface area (Å²) in [5, 5.41) is 17.4. The average Bonchev–Trinajstić information content (AvgIpc) is 2.48. The second kappa shape index (κ2) is 6.41. The van der Waals surface area contributed by atoms with E-state index in [1.165, 1.54) is 25.9 Å².